The van der Waals surface area contributed by atoms with Crippen molar-refractivity contribution in [2.24, 2.45) is 0 Å². The molecule has 0 radical (unpaired) electrons. The molecule has 0 aliphatic heterocycles. The molecule has 1 fully saturated rings. The molecule has 13 heteroatoms. The highest BCUT2D eigenvalue weighted by Crippen LogP contribution is 2.47. The number of phosphoric ester groups is 1. The zero-order chi connectivity index (χ0) is 45.5. The summed E-state index contributed by atoms with van der Waals surface area (Å²) in [4.78, 5) is 23.2. The molecule has 6 N–H and O–H groups in total. The van der Waals surface area contributed by atoms with Crippen molar-refractivity contribution < 1.29 is 58.3 Å². The number of carbonyl (C=O) groups excluding carboxylic acids is 1. The van der Waals surface area contributed by atoms with Crippen LogP contribution in [0, 0.1) is 0 Å². The van der Waals surface area contributed by atoms with Crippen molar-refractivity contribution in [1.82, 2.24) is 0 Å². The van der Waals surface area contributed by atoms with E-state index in [9.17, 15) is 39.8 Å². The van der Waals surface area contributed by atoms with Crippen LogP contribution in [0.5, 0.6) is 0 Å². The van der Waals surface area contributed by atoms with Gasteiger partial charge in [-0.1, -0.05) is 150 Å². The monoisotopic (exact) mass is 895 g/mol. The van der Waals surface area contributed by atoms with Crippen molar-refractivity contribution >= 4 is 13.8 Å². The number of ether oxygens (including phenoxy) is 2. The molecule has 1 saturated carbocycles. The number of allylic oxidation sites excluding steroid dienone is 14. The fourth-order valence-corrected chi connectivity index (χ4v) is 7.51. The van der Waals surface area contributed by atoms with Crippen LogP contribution in [-0.2, 0) is 27.9 Å². The van der Waals surface area contributed by atoms with Crippen molar-refractivity contribution in [2.45, 2.75) is 198 Å². The molecule has 1 rings (SSSR count). The summed E-state index contributed by atoms with van der Waals surface area (Å²) in [6.07, 6.45) is 39.3. The van der Waals surface area contributed by atoms with Gasteiger partial charge in [-0.25, -0.2) is 4.57 Å². The lowest BCUT2D eigenvalue weighted by molar-refractivity contribution is -0.220. The standard InChI is InChI=1S/C49H83O12P/c1-3-5-7-9-11-13-15-17-19-20-21-22-23-24-25-26-28-30-32-34-36-38-43(50)60-42(40-58-39-37-35-33-31-29-27-18-16-14-12-10-8-6-4-2)41-59-62(56,57)61-49-47(54)45(52)44(51)46(53)48(49)55/h5,7-8,10-11,13-14,16-17,19,21-22,24-25,42,44-49,51-55H,3-4,6,9,12,15,18,20,23,26-41H2,1-2H3,(H,56,57)/b7-5-,10-8-,13-11-,16-14-,19-17-,22-21-,25-24-. The quantitative estimate of drug-likeness (QED) is 0.0149. The van der Waals surface area contributed by atoms with Crippen LogP contribution in [0.2, 0.25) is 0 Å². The van der Waals surface area contributed by atoms with Gasteiger partial charge in [0, 0.05) is 13.0 Å². The highest BCUT2D eigenvalue weighted by Gasteiger charge is 2.51. The number of rotatable bonds is 38. The van der Waals surface area contributed by atoms with Gasteiger partial charge in [0.05, 0.1) is 13.2 Å². The Balaban J connectivity index is 2.41. The third kappa shape index (κ3) is 30.6. The van der Waals surface area contributed by atoms with Crippen LogP contribution in [0.3, 0.4) is 0 Å². The minimum atomic E-state index is -5.03. The summed E-state index contributed by atoms with van der Waals surface area (Å²) in [7, 11) is -5.03. The zero-order valence-corrected chi connectivity index (χ0v) is 38.8. The maximum absolute atomic E-state index is 12.8. The first-order chi connectivity index (χ1) is 30.0. The maximum atomic E-state index is 12.8. The first kappa shape index (κ1) is 57.5. The lowest BCUT2D eigenvalue weighted by atomic mass is 9.85. The Bertz CT molecular complexity index is 1340. The molecule has 356 valence electrons. The predicted molar refractivity (Wildman–Crippen MR) is 248 cm³/mol. The van der Waals surface area contributed by atoms with Crippen LogP contribution < -0.4 is 0 Å². The maximum Gasteiger partial charge on any atom is 0.472 e. The molecule has 12 nitrogen and oxygen atoms in total. The fourth-order valence-electron chi connectivity index (χ4n) is 6.54. The highest BCUT2D eigenvalue weighted by molar-refractivity contribution is 7.47. The second-order valence-corrected chi connectivity index (χ2v) is 17.3. The summed E-state index contributed by atoms with van der Waals surface area (Å²) in [6.45, 7) is 4.02. The lowest BCUT2D eigenvalue weighted by Gasteiger charge is -2.41. The number of hydrogen-bond donors (Lipinski definition) is 6. The number of unbranched alkanes of at least 4 members (excludes halogenated alkanes) is 12. The predicted octanol–water partition coefficient (Wildman–Crippen LogP) is 9.75. The van der Waals surface area contributed by atoms with E-state index in [1.807, 2.05) is 0 Å². The van der Waals surface area contributed by atoms with Gasteiger partial charge in [-0.2, -0.15) is 0 Å². The van der Waals surface area contributed by atoms with Crippen molar-refractivity contribution in [3.63, 3.8) is 0 Å². The molecule has 6 unspecified atom stereocenters. The first-order valence-corrected chi connectivity index (χ1v) is 24.9. The average Bonchev–Trinajstić information content (AvgIpc) is 3.26. The van der Waals surface area contributed by atoms with Crippen LogP contribution in [0.15, 0.2) is 85.1 Å². The van der Waals surface area contributed by atoms with Gasteiger partial charge in [0.1, 0.15) is 42.7 Å². The van der Waals surface area contributed by atoms with Crippen LogP contribution in [0.25, 0.3) is 0 Å². The lowest BCUT2D eigenvalue weighted by Crippen LogP contribution is -2.64. The van der Waals surface area contributed by atoms with E-state index in [4.69, 9.17) is 18.5 Å². The largest absolute Gasteiger partial charge is 0.472 e. The molecule has 6 atom stereocenters. The number of aliphatic hydroxyl groups excluding tert-OH is 5. The number of phosphoric acid groups is 1. The average molecular weight is 895 g/mol. The summed E-state index contributed by atoms with van der Waals surface area (Å²) in [6, 6.07) is 0. The molecule has 1 aliphatic rings. The van der Waals surface area contributed by atoms with Gasteiger partial charge in [-0.15, -0.1) is 0 Å². The molecule has 0 heterocycles. The summed E-state index contributed by atoms with van der Waals surface area (Å²) >= 11 is 0. The molecule has 0 saturated heterocycles. The van der Waals surface area contributed by atoms with Crippen molar-refractivity contribution in [2.75, 3.05) is 19.8 Å². The number of aliphatic hydroxyl groups is 5. The van der Waals surface area contributed by atoms with Crippen molar-refractivity contribution in [3.05, 3.63) is 85.1 Å². The molecular formula is C49H83O12P. The summed E-state index contributed by atoms with van der Waals surface area (Å²) in [5.41, 5.74) is 0. The van der Waals surface area contributed by atoms with E-state index in [-0.39, 0.29) is 13.0 Å². The Hall–Kier alpha value is -2.48. The summed E-state index contributed by atoms with van der Waals surface area (Å²) in [5, 5.41) is 50.2. The van der Waals surface area contributed by atoms with Crippen molar-refractivity contribution in [3.8, 4) is 0 Å². The van der Waals surface area contributed by atoms with E-state index in [0.717, 1.165) is 122 Å². The van der Waals surface area contributed by atoms with Crippen LogP contribution in [0.4, 0.5) is 0 Å². The normalized spacial score (nSPS) is 22.8. The van der Waals surface area contributed by atoms with E-state index in [0.29, 0.717) is 13.0 Å². The summed E-state index contributed by atoms with van der Waals surface area (Å²) < 4.78 is 34.2. The second-order valence-electron chi connectivity index (χ2n) is 15.9. The Morgan fingerprint density at radius 3 is 1.45 bits per heavy atom. The molecule has 62 heavy (non-hydrogen) atoms. The van der Waals surface area contributed by atoms with E-state index in [2.05, 4.69) is 98.9 Å². The molecule has 0 amide bonds. The number of hydrogen-bond acceptors (Lipinski definition) is 11. The zero-order valence-electron chi connectivity index (χ0n) is 37.9. The molecule has 0 bridgehead atoms. The second kappa shape index (κ2) is 38.9. The molecular weight excluding hydrogens is 812 g/mol. The number of carbonyl (C=O) groups is 1. The molecule has 0 aromatic rings. The van der Waals surface area contributed by atoms with Crippen LogP contribution in [0.1, 0.15) is 155 Å². The SMILES string of the molecule is CC/C=C\C/C=C\C/C=C\C/C=C\C/C=C\CCCCCCCC(=O)OC(COCCCCCCCC/C=C\C/C=C\CCC)COP(=O)(O)OC1C(O)C(O)C(O)C(O)C1O. The summed E-state index contributed by atoms with van der Waals surface area (Å²) in [5.74, 6) is -0.504. The van der Waals surface area contributed by atoms with Crippen LogP contribution >= 0.6 is 7.82 Å². The highest BCUT2D eigenvalue weighted by atomic mass is 31.2. The molecule has 1 aliphatic carbocycles. The van der Waals surface area contributed by atoms with Gasteiger partial charge in [-0.3, -0.25) is 13.8 Å². The van der Waals surface area contributed by atoms with Gasteiger partial charge in [0.15, 0.2) is 0 Å². The van der Waals surface area contributed by atoms with E-state index >= 15 is 0 Å². The molecule has 0 aromatic heterocycles. The van der Waals surface area contributed by atoms with Gasteiger partial charge in [-0.05, 0) is 83.5 Å². The number of esters is 1. The third-order valence-corrected chi connectivity index (χ3v) is 11.2. The Morgan fingerprint density at radius 2 is 0.952 bits per heavy atom. The molecule has 0 spiro atoms. The Kier molecular flexibility index (Phi) is 36.1. The minimum Gasteiger partial charge on any atom is -0.457 e. The minimum absolute atomic E-state index is 0.0974. The van der Waals surface area contributed by atoms with E-state index in [1.165, 1.54) is 6.42 Å². The fraction of sp³-hybridized carbons (Fsp3) is 0.694. The smallest absolute Gasteiger partial charge is 0.457 e. The Labute approximate surface area is 373 Å². The first-order valence-electron chi connectivity index (χ1n) is 23.4. The van der Waals surface area contributed by atoms with Crippen LogP contribution in [-0.4, -0.2) is 98.9 Å². The van der Waals surface area contributed by atoms with E-state index in [1.54, 1.807) is 0 Å². The van der Waals surface area contributed by atoms with Gasteiger partial charge in [0.25, 0.3) is 0 Å². The van der Waals surface area contributed by atoms with Gasteiger partial charge in [0.2, 0.25) is 0 Å². The third-order valence-electron chi connectivity index (χ3n) is 10.2. The van der Waals surface area contributed by atoms with Gasteiger partial charge < -0.3 is 39.9 Å². The van der Waals surface area contributed by atoms with Crippen molar-refractivity contribution in [1.29, 1.82) is 0 Å². The molecule has 0 aromatic carbocycles. The topological polar surface area (TPSA) is 192 Å². The Morgan fingerprint density at radius 1 is 0.532 bits per heavy atom. The van der Waals surface area contributed by atoms with Gasteiger partial charge >= 0.3 is 13.8 Å². The van der Waals surface area contributed by atoms with E-state index < -0.39 is 63.1 Å².